The van der Waals surface area contributed by atoms with Crippen LogP contribution in [0.2, 0.25) is 0 Å². The van der Waals surface area contributed by atoms with Crippen LogP contribution in [0.3, 0.4) is 0 Å². The molecule has 0 aromatic carbocycles. The quantitative estimate of drug-likeness (QED) is 0.0979. The van der Waals surface area contributed by atoms with Crippen LogP contribution in [0.5, 0.6) is 0 Å². The van der Waals surface area contributed by atoms with E-state index in [-0.39, 0.29) is 23.6 Å². The van der Waals surface area contributed by atoms with E-state index in [2.05, 4.69) is 254 Å². The van der Waals surface area contributed by atoms with Gasteiger partial charge in [-0.3, -0.25) is 68.1 Å². The van der Waals surface area contributed by atoms with E-state index in [9.17, 15) is 19.2 Å². The minimum Gasteiger partial charge on any atom is -0.379 e. The number of ether oxygens (including phenoxy) is 2. The number of likely N-dealkylation sites (N-methyl/N-ethyl adjacent to an activating group) is 10. The summed E-state index contributed by atoms with van der Waals surface area (Å²) < 4.78 is 17.1. The largest absolute Gasteiger partial charge is 0.379 e. The molecule has 12 fully saturated rings. The van der Waals surface area contributed by atoms with Crippen LogP contribution in [-0.2, 0) is 33.5 Å². The van der Waals surface area contributed by atoms with Crippen molar-refractivity contribution >= 4 is 23.6 Å². The average molecular weight is 1840 g/mol. The van der Waals surface area contributed by atoms with E-state index < -0.39 is 0 Å². The number of nitrogens with zero attached hydrogens (tertiary/aromatic N) is 20. The molecule has 2 N–H and O–H groups in total. The smallest absolute Gasteiger partial charge is 0.301 e. The van der Waals surface area contributed by atoms with E-state index in [0.717, 1.165) is 157 Å². The van der Waals surface area contributed by atoms with Crippen LogP contribution in [0.15, 0.2) is 0 Å². The molecule has 29 heteroatoms. The number of amides is 4. The zero-order valence-electron chi connectivity index (χ0n) is 91.5. The summed E-state index contributed by atoms with van der Waals surface area (Å²) in [5.41, 5.74) is 0.392. The highest BCUT2D eigenvalue weighted by molar-refractivity contribution is 5.80. The third-order valence-corrected chi connectivity index (χ3v) is 30.8. The summed E-state index contributed by atoms with van der Waals surface area (Å²) in [6.45, 7) is 102. The number of carbonyl (C=O) groups is 4. The number of rotatable bonds is 21. The maximum absolute atomic E-state index is 11.8. The van der Waals surface area contributed by atoms with Gasteiger partial charge in [-0.2, -0.15) is 0 Å². The van der Waals surface area contributed by atoms with Gasteiger partial charge >= 0.3 is 5.91 Å². The Labute approximate surface area is 795 Å². The molecule has 0 atom stereocenters. The van der Waals surface area contributed by atoms with E-state index >= 15 is 0 Å². The molecule has 4 amide bonds. The maximum Gasteiger partial charge on any atom is 0.301 e. The van der Waals surface area contributed by atoms with E-state index in [1.807, 2.05) is 44.8 Å². The lowest BCUT2D eigenvalue weighted by molar-refractivity contribution is -0.957. The van der Waals surface area contributed by atoms with Crippen molar-refractivity contribution in [2.75, 3.05) is 386 Å². The number of nitrogens with one attached hydrogen (secondary N) is 2. The molecule has 0 radical (unpaired) electrons. The van der Waals surface area contributed by atoms with Gasteiger partial charge in [0.15, 0.2) is 13.1 Å². The fourth-order valence-corrected chi connectivity index (χ4v) is 18.4. The van der Waals surface area contributed by atoms with Gasteiger partial charge in [0.05, 0.1) is 160 Å². The van der Waals surface area contributed by atoms with Gasteiger partial charge in [-0.05, 0) is 186 Å². The molecule has 12 rings (SSSR count). The van der Waals surface area contributed by atoms with Crippen molar-refractivity contribution in [1.82, 2.24) is 79.4 Å². The number of carbonyl (C=O) groups excluding carboxylic acids is 4. The van der Waals surface area contributed by atoms with Crippen molar-refractivity contribution in [2.45, 2.75) is 244 Å². The highest BCUT2D eigenvalue weighted by Crippen LogP contribution is 2.33. The third-order valence-electron chi connectivity index (χ3n) is 30.8. The predicted octanol–water partition coefficient (Wildman–Crippen LogP) is 6.24. The average Bonchev–Trinajstić information content (AvgIpc) is 1.21. The summed E-state index contributed by atoms with van der Waals surface area (Å²) >= 11 is 0. The van der Waals surface area contributed by atoms with Crippen LogP contribution in [0.1, 0.15) is 172 Å². The van der Waals surface area contributed by atoms with Crippen LogP contribution in [0.4, 0.5) is 0 Å². The first-order valence-corrected chi connectivity index (χ1v) is 51.5. The summed E-state index contributed by atoms with van der Waals surface area (Å²) in [6, 6.07) is 7.04. The second-order valence-electron chi connectivity index (χ2n) is 45.8. The molecule has 29 nitrogen and oxygen atoms in total. The number of hydroxylamine groups is 2. The molecule has 1 aliphatic carbocycles. The summed E-state index contributed by atoms with van der Waals surface area (Å²) in [5.74, 6) is 1.84. The SMILES string of the molecule is CC(C)N1CCN(C)CC1.CC(C)N1CCN(C)CC1=O.CC(C)N1CCNCC1.CC(C)N1CCNCC1=O.CC(C)N1CC[N+](C)(C(C)(C)C)CC1.CC(C)N1CC[N+](C)(C2COC2)CC1.CC(C)N1CC[N+](C)(CC(=O)N(C)C)CC1.CC(C)N1CC[N+](C)(CC2CC2)CC1.COCC[N+]1(C)CCN(C(C)C)CC1.CON(C)C(=O)C[N+]1(C)CCN(C(C)C)CC1. The molecular formula is C100H216N22O7+6. The van der Waals surface area contributed by atoms with Crippen LogP contribution >= 0.6 is 0 Å². The molecule has 0 aromatic heterocycles. The molecule has 0 bridgehead atoms. The molecule has 11 aliphatic heterocycles. The summed E-state index contributed by atoms with van der Waals surface area (Å²) in [4.78, 5) is 81.2. The Hall–Kier alpha value is -2.96. The Morgan fingerprint density at radius 1 is 0.403 bits per heavy atom. The van der Waals surface area contributed by atoms with Crippen molar-refractivity contribution in [3.63, 3.8) is 0 Å². The second kappa shape index (κ2) is 58.7. The zero-order chi connectivity index (χ0) is 97.6. The Morgan fingerprint density at radius 2 is 0.736 bits per heavy atom. The molecule has 11 heterocycles. The molecular weight excluding hydrogens is 1620 g/mol. The Morgan fingerprint density at radius 3 is 1.05 bits per heavy atom. The van der Waals surface area contributed by atoms with Crippen molar-refractivity contribution in [3.8, 4) is 0 Å². The van der Waals surface area contributed by atoms with Crippen LogP contribution in [0, 0.1) is 5.92 Å². The summed E-state index contributed by atoms with van der Waals surface area (Å²) in [5, 5.41) is 7.67. The molecule has 0 aromatic rings. The van der Waals surface area contributed by atoms with Crippen molar-refractivity contribution < 1.29 is 60.4 Å². The number of methoxy groups -OCH3 is 1. The van der Waals surface area contributed by atoms with E-state index in [1.165, 1.54) is 193 Å². The zero-order valence-corrected chi connectivity index (χ0v) is 91.5. The third kappa shape index (κ3) is 45.0. The number of piperazine rings is 10. The van der Waals surface area contributed by atoms with Gasteiger partial charge in [-0.1, -0.05) is 0 Å². The van der Waals surface area contributed by atoms with Gasteiger partial charge in [0.25, 0.3) is 5.91 Å². The summed E-state index contributed by atoms with van der Waals surface area (Å²) in [7, 11) is 26.8. The number of hydrogen-bond donors (Lipinski definition) is 2. The lowest BCUT2D eigenvalue weighted by atomic mass is 10.0. The van der Waals surface area contributed by atoms with Crippen molar-refractivity contribution in [2.24, 2.45) is 5.92 Å². The van der Waals surface area contributed by atoms with Gasteiger partial charge in [0.1, 0.15) is 25.8 Å². The van der Waals surface area contributed by atoms with Gasteiger partial charge in [0, 0.05) is 252 Å². The highest BCUT2D eigenvalue weighted by atomic mass is 16.7. The highest BCUT2D eigenvalue weighted by Gasteiger charge is 2.43. The van der Waals surface area contributed by atoms with Crippen LogP contribution in [0.25, 0.3) is 0 Å². The number of quaternary nitrogens is 6. The Bertz CT molecular complexity index is 2980. The molecule has 0 spiro atoms. The predicted molar refractivity (Wildman–Crippen MR) is 541 cm³/mol. The molecule has 1 saturated carbocycles. The molecule has 0 unspecified atom stereocenters. The topological polar surface area (TPSA) is 165 Å². The Balaban J connectivity index is 0.000000371. The first-order chi connectivity index (χ1) is 60.1. The minimum absolute atomic E-state index is 0.0491. The maximum atomic E-state index is 11.8. The molecule has 11 saturated heterocycles. The van der Waals surface area contributed by atoms with Gasteiger partial charge in [0.2, 0.25) is 11.8 Å². The standard InChI is InChI=1S/C12H26N3O2.C12H26N3O.C12H25N2.C12H27N2.C11H23N2O.C11H25N2O.C8H16N2O.C8H18N2.C7H14N2O.C7H16N2/c1-11(2)14-6-8-15(4,9-7-14)10-12(16)13(3)17-5;1-11(2)14-6-8-15(5,9-7-14)10-12(16)13(3)4;1-11(2)13-6-8-14(3,9-7-13)10-12-4-5-12;1-11(2)13-7-9-14(6,10-8-13)12(3,4)5;1-10(2)12-4-6-13(3,7-5-12)11-8-14-9-11;1-11(2)12-5-7-13(3,8-6-12)9-10-14-4;1-7(2)10-5-4-9(3)6-8(10)11;1-8(2)10-6-4-9(3)5-7-10;1-6(2)9-4-3-8-5-7(9)10;1-7(2)9-5-3-8-4-6-9/h11H,6-10H2,1-5H3;11H,6-10H2,1-5H3;11-12H,4-10H2,1-3H3;11H,7-10H2,1-6H3;10-11H,4-9H2,1-3H3;11H,5-10H2,1-4H3;7H,4-6H2,1-3H3;8H,4-7H2,1-3H3;6,8H,3-5H2,1-2H3;7-8H,3-6H2,1-2H3/q6*+1;;;;. The minimum atomic E-state index is 0.0491. The van der Waals surface area contributed by atoms with Gasteiger partial charge < -0.3 is 66.6 Å². The van der Waals surface area contributed by atoms with Crippen LogP contribution in [-0.4, -0.2) is 578 Å². The Kier molecular flexibility index (Phi) is 54.7. The molecule has 12 aliphatic rings. The molecule has 762 valence electrons. The monoisotopic (exact) mass is 1840 g/mol. The first-order valence-electron chi connectivity index (χ1n) is 51.5. The van der Waals surface area contributed by atoms with Crippen molar-refractivity contribution in [1.29, 1.82) is 0 Å². The number of hydrogen-bond acceptors (Lipinski definition) is 19. The molecule has 129 heavy (non-hydrogen) atoms. The normalized spacial score (nSPS) is 23.6. The second-order valence-corrected chi connectivity index (χ2v) is 45.8. The fourth-order valence-electron chi connectivity index (χ4n) is 18.4. The summed E-state index contributed by atoms with van der Waals surface area (Å²) in [6.07, 6.45) is 3.00. The lowest BCUT2D eigenvalue weighted by Gasteiger charge is -2.51. The van der Waals surface area contributed by atoms with Gasteiger partial charge in [-0.25, -0.2) is 5.06 Å². The van der Waals surface area contributed by atoms with Crippen LogP contribution < -0.4 is 10.6 Å². The first kappa shape index (κ1) is 120. The van der Waals surface area contributed by atoms with E-state index in [0.29, 0.717) is 74.0 Å². The van der Waals surface area contributed by atoms with Crippen molar-refractivity contribution in [3.05, 3.63) is 0 Å². The van der Waals surface area contributed by atoms with Gasteiger partial charge in [-0.15, -0.1) is 0 Å². The van der Waals surface area contributed by atoms with E-state index in [4.69, 9.17) is 14.3 Å². The lowest BCUT2D eigenvalue weighted by Crippen LogP contribution is -2.67. The van der Waals surface area contributed by atoms with E-state index in [1.54, 1.807) is 19.1 Å². The fraction of sp³-hybridized carbons (Fsp3) is 0.960.